The molecule has 20 heavy (non-hydrogen) atoms. The molecule has 1 rings (SSSR count). The van der Waals surface area contributed by atoms with Gasteiger partial charge in [-0.3, -0.25) is 14.4 Å². The lowest BCUT2D eigenvalue weighted by molar-refractivity contribution is -0.139. The van der Waals surface area contributed by atoms with Gasteiger partial charge in [0.1, 0.15) is 6.04 Å². The smallest absolute Gasteiger partial charge is 0.303 e. The molecule has 0 radical (unpaired) electrons. The highest BCUT2D eigenvalue weighted by atomic mass is 16.4. The van der Waals surface area contributed by atoms with Crippen molar-refractivity contribution in [3.05, 3.63) is 0 Å². The molecule has 114 valence electrons. The average molecular weight is 284 g/mol. The van der Waals surface area contributed by atoms with Crippen LogP contribution in [0.5, 0.6) is 0 Å². The van der Waals surface area contributed by atoms with Crippen LogP contribution in [0.15, 0.2) is 0 Å². The van der Waals surface area contributed by atoms with Crippen LogP contribution in [0, 0.1) is 0 Å². The first kappa shape index (κ1) is 16.5. The number of nitrogens with zero attached hydrogens (tertiary/aromatic N) is 1. The number of carbonyl (C=O) groups excluding carboxylic acids is 2. The van der Waals surface area contributed by atoms with E-state index in [2.05, 4.69) is 5.32 Å². The second-order valence-electron chi connectivity index (χ2n) is 5.34. The van der Waals surface area contributed by atoms with Gasteiger partial charge < -0.3 is 15.3 Å². The highest BCUT2D eigenvalue weighted by Crippen LogP contribution is 2.19. The molecule has 0 spiro atoms. The summed E-state index contributed by atoms with van der Waals surface area (Å²) in [5.41, 5.74) is 0. The zero-order valence-electron chi connectivity index (χ0n) is 12.2. The predicted octanol–water partition coefficient (Wildman–Crippen LogP) is 1.15. The molecule has 0 aromatic heterocycles. The normalized spacial score (nSPS) is 19.7. The van der Waals surface area contributed by atoms with Crippen molar-refractivity contribution in [3.8, 4) is 0 Å². The minimum absolute atomic E-state index is 0.0309. The van der Waals surface area contributed by atoms with Crippen LogP contribution in [0.25, 0.3) is 0 Å². The van der Waals surface area contributed by atoms with Crippen molar-refractivity contribution < 1.29 is 19.5 Å². The maximum Gasteiger partial charge on any atom is 0.303 e. The van der Waals surface area contributed by atoms with E-state index in [0.717, 1.165) is 12.8 Å². The van der Waals surface area contributed by atoms with Crippen molar-refractivity contribution >= 4 is 17.8 Å². The van der Waals surface area contributed by atoms with E-state index in [0.29, 0.717) is 25.8 Å². The molecule has 1 fully saturated rings. The molecule has 0 aliphatic carbocycles. The topological polar surface area (TPSA) is 86.7 Å². The molecule has 0 bridgehead atoms. The van der Waals surface area contributed by atoms with Crippen molar-refractivity contribution in [2.24, 2.45) is 0 Å². The molecule has 2 unspecified atom stereocenters. The molecule has 1 aliphatic heterocycles. The third-order valence-electron chi connectivity index (χ3n) is 3.52. The zero-order chi connectivity index (χ0) is 15.1. The maximum absolute atomic E-state index is 12.2. The summed E-state index contributed by atoms with van der Waals surface area (Å²) in [7, 11) is 0. The van der Waals surface area contributed by atoms with Crippen LogP contribution in [0.1, 0.15) is 52.4 Å². The van der Waals surface area contributed by atoms with Gasteiger partial charge in [0, 0.05) is 25.4 Å². The molecule has 1 aliphatic rings. The zero-order valence-corrected chi connectivity index (χ0v) is 12.2. The van der Waals surface area contributed by atoms with Gasteiger partial charge in [0.2, 0.25) is 11.8 Å². The summed E-state index contributed by atoms with van der Waals surface area (Å²) in [5, 5.41) is 11.4. The fraction of sp³-hybridized carbons (Fsp3) is 0.786. The molecular formula is C14H24N2O4. The van der Waals surface area contributed by atoms with Crippen molar-refractivity contribution in [1.29, 1.82) is 0 Å². The largest absolute Gasteiger partial charge is 0.481 e. The molecule has 2 atom stereocenters. The van der Waals surface area contributed by atoms with Gasteiger partial charge in [0.15, 0.2) is 0 Å². The number of carboxylic acids is 1. The number of carbonyl (C=O) groups is 3. The summed E-state index contributed by atoms with van der Waals surface area (Å²) in [6.07, 6.45) is 3.21. The summed E-state index contributed by atoms with van der Waals surface area (Å²) in [5.74, 6) is -1.00. The van der Waals surface area contributed by atoms with Crippen LogP contribution in [0.4, 0.5) is 0 Å². The molecule has 0 saturated carbocycles. The number of likely N-dealkylation sites (tertiary alicyclic amines) is 1. The third kappa shape index (κ3) is 4.83. The van der Waals surface area contributed by atoms with E-state index in [-0.39, 0.29) is 30.3 Å². The number of aliphatic carboxylic acids is 1. The fourth-order valence-corrected chi connectivity index (χ4v) is 2.45. The maximum atomic E-state index is 12.2. The minimum Gasteiger partial charge on any atom is -0.481 e. The number of amides is 2. The number of hydrogen-bond donors (Lipinski definition) is 2. The summed E-state index contributed by atoms with van der Waals surface area (Å²) in [4.78, 5) is 36.2. The fourth-order valence-electron chi connectivity index (χ4n) is 2.45. The molecule has 2 amide bonds. The Balaban J connectivity index is 2.48. The van der Waals surface area contributed by atoms with Gasteiger partial charge in [-0.05, 0) is 32.6 Å². The lowest BCUT2D eigenvalue weighted by Gasteiger charge is -2.25. The SMILES string of the molecule is CCCC(=O)N1CCCC1C(=O)NC(C)CCC(=O)O. The van der Waals surface area contributed by atoms with Gasteiger partial charge >= 0.3 is 5.97 Å². The van der Waals surface area contributed by atoms with Crippen LogP contribution in [0.2, 0.25) is 0 Å². The van der Waals surface area contributed by atoms with Crippen LogP contribution in [-0.4, -0.2) is 46.4 Å². The van der Waals surface area contributed by atoms with E-state index < -0.39 is 5.97 Å². The first-order chi connectivity index (χ1) is 9.45. The lowest BCUT2D eigenvalue weighted by atomic mass is 10.1. The Morgan fingerprint density at radius 2 is 2.05 bits per heavy atom. The summed E-state index contributed by atoms with van der Waals surface area (Å²) < 4.78 is 0. The molecule has 2 N–H and O–H groups in total. The Morgan fingerprint density at radius 3 is 2.65 bits per heavy atom. The van der Waals surface area contributed by atoms with Gasteiger partial charge in [-0.2, -0.15) is 0 Å². The Kier molecular flexibility index (Phi) is 6.48. The lowest BCUT2D eigenvalue weighted by Crippen LogP contribution is -2.48. The standard InChI is InChI=1S/C14H24N2O4/c1-3-5-12(17)16-9-4-6-11(16)14(20)15-10(2)7-8-13(18)19/h10-11H,3-9H2,1-2H3,(H,15,20)(H,18,19). The van der Waals surface area contributed by atoms with Crippen LogP contribution >= 0.6 is 0 Å². The van der Waals surface area contributed by atoms with Gasteiger partial charge in [-0.1, -0.05) is 6.92 Å². The molecule has 1 heterocycles. The van der Waals surface area contributed by atoms with Crippen molar-refractivity contribution in [1.82, 2.24) is 10.2 Å². The molecule has 6 nitrogen and oxygen atoms in total. The first-order valence-corrected chi connectivity index (χ1v) is 7.27. The van der Waals surface area contributed by atoms with E-state index in [9.17, 15) is 14.4 Å². The Hall–Kier alpha value is -1.59. The second kappa shape index (κ2) is 7.87. The molecule has 0 aromatic carbocycles. The summed E-state index contributed by atoms with van der Waals surface area (Å²) in [6.45, 7) is 4.37. The first-order valence-electron chi connectivity index (χ1n) is 7.27. The summed E-state index contributed by atoms with van der Waals surface area (Å²) in [6, 6.07) is -0.580. The van der Waals surface area contributed by atoms with Gasteiger partial charge in [-0.25, -0.2) is 0 Å². The monoisotopic (exact) mass is 284 g/mol. The van der Waals surface area contributed by atoms with Crippen LogP contribution in [-0.2, 0) is 14.4 Å². The van der Waals surface area contributed by atoms with E-state index >= 15 is 0 Å². The van der Waals surface area contributed by atoms with E-state index in [1.807, 2.05) is 6.92 Å². The Morgan fingerprint density at radius 1 is 1.35 bits per heavy atom. The summed E-state index contributed by atoms with van der Waals surface area (Å²) >= 11 is 0. The highest BCUT2D eigenvalue weighted by Gasteiger charge is 2.33. The van der Waals surface area contributed by atoms with Gasteiger partial charge in [0.25, 0.3) is 0 Å². The van der Waals surface area contributed by atoms with Crippen molar-refractivity contribution in [2.75, 3.05) is 6.54 Å². The molecule has 6 heteroatoms. The van der Waals surface area contributed by atoms with Gasteiger partial charge in [-0.15, -0.1) is 0 Å². The third-order valence-corrected chi connectivity index (χ3v) is 3.52. The molecule has 0 aromatic rings. The number of hydrogen-bond acceptors (Lipinski definition) is 3. The predicted molar refractivity (Wildman–Crippen MR) is 74.1 cm³/mol. The van der Waals surface area contributed by atoms with Gasteiger partial charge in [0.05, 0.1) is 0 Å². The van der Waals surface area contributed by atoms with E-state index in [1.165, 1.54) is 0 Å². The minimum atomic E-state index is -0.869. The highest BCUT2D eigenvalue weighted by molar-refractivity contribution is 5.88. The second-order valence-corrected chi connectivity index (χ2v) is 5.34. The van der Waals surface area contributed by atoms with E-state index in [4.69, 9.17) is 5.11 Å². The van der Waals surface area contributed by atoms with Crippen molar-refractivity contribution in [3.63, 3.8) is 0 Å². The molecule has 1 saturated heterocycles. The number of carboxylic acid groups (broad SMARTS) is 1. The number of rotatable bonds is 7. The van der Waals surface area contributed by atoms with Crippen molar-refractivity contribution in [2.45, 2.75) is 64.5 Å². The number of nitrogens with one attached hydrogen (secondary N) is 1. The molecular weight excluding hydrogens is 260 g/mol. The van der Waals surface area contributed by atoms with E-state index in [1.54, 1.807) is 11.8 Å². The quantitative estimate of drug-likeness (QED) is 0.734. The van der Waals surface area contributed by atoms with Crippen LogP contribution < -0.4 is 5.32 Å². The van der Waals surface area contributed by atoms with Crippen LogP contribution in [0.3, 0.4) is 0 Å². The Bertz CT molecular complexity index is 370. The average Bonchev–Trinajstić information content (AvgIpc) is 2.86. The Labute approximate surface area is 119 Å².